The second kappa shape index (κ2) is 13.4. The Kier molecular flexibility index (Phi) is 17.1. The van der Waals surface area contributed by atoms with Crippen molar-refractivity contribution < 1.29 is 0 Å². The highest BCUT2D eigenvalue weighted by atomic mass is 15.1. The van der Waals surface area contributed by atoms with Gasteiger partial charge in [-0.3, -0.25) is 0 Å². The van der Waals surface area contributed by atoms with Crippen LogP contribution < -0.4 is 5.32 Å². The molecule has 0 saturated carbocycles. The van der Waals surface area contributed by atoms with Gasteiger partial charge in [0.2, 0.25) is 0 Å². The first-order valence-corrected chi connectivity index (χ1v) is 6.61. The Bertz CT molecular complexity index is 159. The maximum Gasteiger partial charge on any atom is 0.000974 e. The first kappa shape index (κ1) is 23.0. The maximum absolute atomic E-state index is 3.37. The van der Waals surface area contributed by atoms with E-state index in [-0.39, 0.29) is 22.3 Å². The van der Waals surface area contributed by atoms with Gasteiger partial charge in [-0.1, -0.05) is 42.0 Å². The summed E-state index contributed by atoms with van der Waals surface area (Å²) in [6.45, 7) is 6.12. The molecule has 0 spiro atoms. The normalized spacial score (nSPS) is 21.2. The van der Waals surface area contributed by atoms with Gasteiger partial charge < -0.3 is 10.2 Å². The van der Waals surface area contributed by atoms with Crippen LogP contribution in [0, 0.1) is 11.8 Å². The predicted octanol–water partition coefficient (Wildman–Crippen LogP) is 4.26. The van der Waals surface area contributed by atoms with Gasteiger partial charge in [0.05, 0.1) is 0 Å². The molecule has 0 aromatic heterocycles. The lowest BCUT2D eigenvalue weighted by Gasteiger charge is -2.35. The average Bonchev–Trinajstić information content (AvgIpc) is 2.24. The standard InChI is InChI=1S/C13H28N2.3CH4/c1-4-5-7-12(10-14-2)13-8-6-9-15(3)11-13;;;/h12-14H,4-11H2,1-3H3;3*1H4. The molecule has 114 valence electrons. The van der Waals surface area contributed by atoms with Gasteiger partial charge in [0.25, 0.3) is 0 Å². The van der Waals surface area contributed by atoms with Crippen LogP contribution in [0.15, 0.2) is 0 Å². The number of likely N-dealkylation sites (tertiary alicyclic amines) is 1. The summed E-state index contributed by atoms with van der Waals surface area (Å²) in [6.07, 6.45) is 6.99. The van der Waals surface area contributed by atoms with E-state index in [1.165, 1.54) is 51.7 Å². The lowest BCUT2D eigenvalue weighted by Crippen LogP contribution is -2.38. The lowest BCUT2D eigenvalue weighted by molar-refractivity contribution is 0.151. The molecule has 1 saturated heterocycles. The van der Waals surface area contributed by atoms with Crippen molar-refractivity contribution >= 4 is 0 Å². The van der Waals surface area contributed by atoms with Gasteiger partial charge in [-0.2, -0.15) is 0 Å². The van der Waals surface area contributed by atoms with Crippen LogP contribution in [0.5, 0.6) is 0 Å². The van der Waals surface area contributed by atoms with Gasteiger partial charge >= 0.3 is 0 Å². The summed E-state index contributed by atoms with van der Waals surface area (Å²) in [5.41, 5.74) is 0. The monoisotopic (exact) mass is 260 g/mol. The molecule has 2 atom stereocenters. The van der Waals surface area contributed by atoms with Crippen LogP contribution in [0.2, 0.25) is 0 Å². The van der Waals surface area contributed by atoms with E-state index in [9.17, 15) is 0 Å². The van der Waals surface area contributed by atoms with Gasteiger partial charge in [0.1, 0.15) is 0 Å². The Balaban J connectivity index is -0.000000750. The third-order valence-corrected chi connectivity index (χ3v) is 3.72. The summed E-state index contributed by atoms with van der Waals surface area (Å²) in [4.78, 5) is 2.50. The number of hydrogen-bond acceptors (Lipinski definition) is 2. The Morgan fingerprint density at radius 3 is 2.44 bits per heavy atom. The SMILES string of the molecule is C.C.C.CCCCC(CNC)C1CCCN(C)C1. The topological polar surface area (TPSA) is 15.3 Å². The molecule has 1 fully saturated rings. The molecule has 18 heavy (non-hydrogen) atoms. The van der Waals surface area contributed by atoms with Crippen molar-refractivity contribution in [2.24, 2.45) is 11.8 Å². The van der Waals surface area contributed by atoms with Crippen molar-refractivity contribution in [2.45, 2.75) is 61.3 Å². The summed E-state index contributed by atoms with van der Waals surface area (Å²) >= 11 is 0. The quantitative estimate of drug-likeness (QED) is 0.767. The number of nitrogens with one attached hydrogen (secondary N) is 1. The van der Waals surface area contributed by atoms with Gasteiger partial charge in [0.15, 0.2) is 0 Å². The average molecular weight is 261 g/mol. The summed E-state index contributed by atoms with van der Waals surface area (Å²) in [7, 11) is 4.36. The highest BCUT2D eigenvalue weighted by Gasteiger charge is 2.24. The molecular formula is C16H40N2. The fourth-order valence-corrected chi connectivity index (χ4v) is 2.82. The minimum Gasteiger partial charge on any atom is -0.319 e. The summed E-state index contributed by atoms with van der Waals surface area (Å²) in [5.74, 6) is 1.83. The zero-order valence-electron chi connectivity index (χ0n) is 10.8. The number of hydrogen-bond donors (Lipinski definition) is 1. The van der Waals surface area contributed by atoms with Crippen LogP contribution in [0.25, 0.3) is 0 Å². The smallest absolute Gasteiger partial charge is 0.000974 e. The van der Waals surface area contributed by atoms with Crippen molar-refractivity contribution in [3.63, 3.8) is 0 Å². The molecule has 0 aliphatic carbocycles. The van der Waals surface area contributed by atoms with Crippen molar-refractivity contribution in [3.8, 4) is 0 Å². The maximum atomic E-state index is 3.37. The van der Waals surface area contributed by atoms with Crippen LogP contribution in [-0.2, 0) is 0 Å². The molecular weight excluding hydrogens is 220 g/mol. The number of unbranched alkanes of at least 4 members (excludes halogenated alkanes) is 1. The van der Waals surface area contributed by atoms with Crippen LogP contribution in [0.1, 0.15) is 61.3 Å². The highest BCUT2D eigenvalue weighted by molar-refractivity contribution is 4.78. The fourth-order valence-electron chi connectivity index (χ4n) is 2.82. The van der Waals surface area contributed by atoms with E-state index >= 15 is 0 Å². The van der Waals surface area contributed by atoms with E-state index in [1.54, 1.807) is 0 Å². The summed E-state index contributed by atoms with van der Waals surface area (Å²) in [5, 5.41) is 3.37. The van der Waals surface area contributed by atoms with E-state index in [1.807, 2.05) is 0 Å². The zero-order valence-corrected chi connectivity index (χ0v) is 10.8. The van der Waals surface area contributed by atoms with Crippen molar-refractivity contribution in [1.29, 1.82) is 0 Å². The molecule has 0 radical (unpaired) electrons. The largest absolute Gasteiger partial charge is 0.319 e. The molecule has 0 aromatic rings. The van der Waals surface area contributed by atoms with E-state index in [0.29, 0.717) is 0 Å². The number of rotatable bonds is 6. The molecule has 0 amide bonds. The fraction of sp³-hybridized carbons (Fsp3) is 1.00. The van der Waals surface area contributed by atoms with Gasteiger partial charge in [-0.05, 0) is 58.3 Å². The first-order valence-electron chi connectivity index (χ1n) is 6.61. The van der Waals surface area contributed by atoms with E-state index < -0.39 is 0 Å². The predicted molar refractivity (Wildman–Crippen MR) is 87.4 cm³/mol. The minimum atomic E-state index is 0. The van der Waals surface area contributed by atoms with Gasteiger partial charge in [-0.25, -0.2) is 0 Å². The molecule has 1 rings (SSSR count). The molecule has 1 N–H and O–H groups in total. The lowest BCUT2D eigenvalue weighted by atomic mass is 9.82. The van der Waals surface area contributed by atoms with Crippen LogP contribution in [0.4, 0.5) is 0 Å². The van der Waals surface area contributed by atoms with Gasteiger partial charge in [0, 0.05) is 6.54 Å². The Morgan fingerprint density at radius 1 is 1.28 bits per heavy atom. The molecule has 1 aliphatic heterocycles. The van der Waals surface area contributed by atoms with Crippen LogP contribution in [-0.4, -0.2) is 38.6 Å². The molecule has 2 heteroatoms. The van der Waals surface area contributed by atoms with Crippen molar-refractivity contribution in [3.05, 3.63) is 0 Å². The van der Waals surface area contributed by atoms with Crippen molar-refractivity contribution in [2.75, 3.05) is 33.7 Å². The minimum absolute atomic E-state index is 0. The number of piperidine rings is 1. The molecule has 0 bridgehead atoms. The van der Waals surface area contributed by atoms with E-state index in [0.717, 1.165) is 11.8 Å². The second-order valence-electron chi connectivity index (χ2n) is 5.12. The molecule has 2 nitrogen and oxygen atoms in total. The van der Waals surface area contributed by atoms with Gasteiger partial charge in [-0.15, -0.1) is 0 Å². The molecule has 1 heterocycles. The summed E-state index contributed by atoms with van der Waals surface area (Å²) < 4.78 is 0. The van der Waals surface area contributed by atoms with E-state index in [4.69, 9.17) is 0 Å². The Morgan fingerprint density at radius 2 is 1.94 bits per heavy atom. The Hall–Kier alpha value is -0.0800. The Labute approximate surface area is 118 Å². The van der Waals surface area contributed by atoms with Crippen molar-refractivity contribution in [1.82, 2.24) is 10.2 Å². The third kappa shape index (κ3) is 8.10. The van der Waals surface area contributed by atoms with Crippen LogP contribution in [0.3, 0.4) is 0 Å². The summed E-state index contributed by atoms with van der Waals surface area (Å²) in [6, 6.07) is 0. The zero-order chi connectivity index (χ0) is 11.1. The second-order valence-corrected chi connectivity index (χ2v) is 5.12. The number of nitrogens with zero attached hydrogens (tertiary/aromatic N) is 1. The molecule has 2 unspecified atom stereocenters. The third-order valence-electron chi connectivity index (χ3n) is 3.72. The van der Waals surface area contributed by atoms with Crippen LogP contribution >= 0.6 is 0 Å². The molecule has 1 aliphatic rings. The first-order chi connectivity index (χ1) is 7.27. The highest BCUT2D eigenvalue weighted by Crippen LogP contribution is 2.26. The van der Waals surface area contributed by atoms with E-state index in [2.05, 4.69) is 31.2 Å². The molecule has 0 aromatic carbocycles.